The van der Waals surface area contributed by atoms with Gasteiger partial charge in [-0.25, -0.2) is 9.37 Å². The first-order chi connectivity index (χ1) is 12.1. The van der Waals surface area contributed by atoms with Crippen molar-refractivity contribution in [2.45, 2.75) is 50.5 Å². The van der Waals surface area contributed by atoms with Crippen LogP contribution >= 0.6 is 0 Å². The molecule has 1 saturated carbocycles. The molecular weight excluding hydrogens is 323 g/mol. The van der Waals surface area contributed by atoms with E-state index >= 15 is 0 Å². The highest BCUT2D eigenvalue weighted by Crippen LogP contribution is 2.38. The molecule has 7 nitrogen and oxygen atoms in total. The minimum absolute atomic E-state index is 0.169. The molecule has 8 heteroatoms. The summed E-state index contributed by atoms with van der Waals surface area (Å²) in [7, 11) is 3.99. The fourth-order valence-corrected chi connectivity index (χ4v) is 3.53. The zero-order chi connectivity index (χ0) is 17.4. The zero-order valence-electron chi connectivity index (χ0n) is 14.8. The van der Waals surface area contributed by atoms with Gasteiger partial charge in [-0.05, 0) is 26.3 Å². The van der Waals surface area contributed by atoms with Gasteiger partial charge in [0.2, 0.25) is 5.89 Å². The highest BCUT2D eigenvalue weighted by atomic mass is 19.1. The minimum atomic E-state index is -0.774. The maximum absolute atomic E-state index is 14.0. The predicted octanol–water partition coefficient (Wildman–Crippen LogP) is 1.72. The summed E-state index contributed by atoms with van der Waals surface area (Å²) in [5, 5.41) is 4.06. The van der Waals surface area contributed by atoms with Gasteiger partial charge >= 0.3 is 0 Å². The van der Waals surface area contributed by atoms with Crippen molar-refractivity contribution in [1.29, 1.82) is 0 Å². The number of aromatic nitrogens is 4. The summed E-state index contributed by atoms with van der Waals surface area (Å²) in [5.74, 6) is 2.95. The molecule has 0 amide bonds. The van der Waals surface area contributed by atoms with E-state index in [-0.39, 0.29) is 6.04 Å². The number of hydrogen-bond donors (Lipinski definition) is 0. The Kier molecular flexibility index (Phi) is 4.56. The van der Waals surface area contributed by atoms with E-state index in [1.54, 1.807) is 6.20 Å². The van der Waals surface area contributed by atoms with Gasteiger partial charge in [-0.1, -0.05) is 5.16 Å². The molecule has 2 atom stereocenters. The Morgan fingerprint density at radius 3 is 2.96 bits per heavy atom. The van der Waals surface area contributed by atoms with Gasteiger partial charge in [0.1, 0.15) is 12.0 Å². The van der Waals surface area contributed by atoms with Crippen LogP contribution in [0.15, 0.2) is 16.9 Å². The van der Waals surface area contributed by atoms with Gasteiger partial charge in [0, 0.05) is 44.5 Å². The lowest BCUT2D eigenvalue weighted by atomic mass is 10.2. The second-order valence-corrected chi connectivity index (χ2v) is 7.39. The Balaban J connectivity index is 1.34. The Labute approximate surface area is 146 Å². The number of nitrogens with zero attached hydrogens (tertiary/aromatic N) is 6. The average Bonchev–Trinajstić information content (AvgIpc) is 3.03. The molecule has 2 aromatic rings. The SMILES string of the molecule is CN(Cc1nc(C2CC2)no1)C[C@@H]1C[C@H](F)CN1Cc1nccn1C. The average molecular weight is 348 g/mol. The Morgan fingerprint density at radius 1 is 1.40 bits per heavy atom. The van der Waals surface area contributed by atoms with Gasteiger partial charge in [0.25, 0.3) is 0 Å². The lowest BCUT2D eigenvalue weighted by Gasteiger charge is -2.27. The van der Waals surface area contributed by atoms with Crippen LogP contribution in [0.5, 0.6) is 0 Å². The van der Waals surface area contributed by atoms with Gasteiger partial charge in [0.05, 0.1) is 13.1 Å². The topological polar surface area (TPSA) is 63.2 Å². The number of halogens is 1. The molecule has 25 heavy (non-hydrogen) atoms. The molecule has 3 heterocycles. The zero-order valence-corrected chi connectivity index (χ0v) is 14.8. The van der Waals surface area contributed by atoms with E-state index in [0.29, 0.717) is 37.9 Å². The van der Waals surface area contributed by atoms with Crippen LogP contribution in [0.2, 0.25) is 0 Å². The highest BCUT2D eigenvalue weighted by Gasteiger charge is 2.34. The van der Waals surface area contributed by atoms with E-state index < -0.39 is 6.17 Å². The second-order valence-electron chi connectivity index (χ2n) is 7.39. The monoisotopic (exact) mass is 348 g/mol. The van der Waals surface area contributed by atoms with Crippen molar-refractivity contribution in [2.24, 2.45) is 7.05 Å². The van der Waals surface area contributed by atoms with E-state index in [2.05, 4.69) is 24.9 Å². The molecule has 1 saturated heterocycles. The van der Waals surface area contributed by atoms with Crippen LogP contribution in [0.1, 0.15) is 42.7 Å². The summed E-state index contributed by atoms with van der Waals surface area (Å²) in [5.41, 5.74) is 0. The van der Waals surface area contributed by atoms with Gasteiger partial charge in [-0.3, -0.25) is 9.80 Å². The van der Waals surface area contributed by atoms with Crippen molar-refractivity contribution < 1.29 is 8.91 Å². The van der Waals surface area contributed by atoms with Crippen LogP contribution in [-0.2, 0) is 20.1 Å². The molecule has 2 aliphatic rings. The van der Waals surface area contributed by atoms with Crippen LogP contribution in [0, 0.1) is 0 Å². The van der Waals surface area contributed by atoms with Gasteiger partial charge in [0.15, 0.2) is 5.82 Å². The number of imidazole rings is 1. The van der Waals surface area contributed by atoms with E-state index in [1.165, 1.54) is 0 Å². The first kappa shape index (κ1) is 16.7. The third kappa shape index (κ3) is 3.90. The normalized spacial score (nSPS) is 24.5. The van der Waals surface area contributed by atoms with Crippen LogP contribution in [0.4, 0.5) is 4.39 Å². The third-order valence-electron chi connectivity index (χ3n) is 5.10. The number of likely N-dealkylation sites (tertiary alicyclic amines) is 1. The number of likely N-dealkylation sites (N-methyl/N-ethyl adjacent to an activating group) is 1. The molecule has 1 aliphatic carbocycles. The molecule has 2 fully saturated rings. The maximum atomic E-state index is 14.0. The van der Waals surface area contributed by atoms with E-state index in [0.717, 1.165) is 31.0 Å². The first-order valence-electron chi connectivity index (χ1n) is 8.94. The number of alkyl halides is 1. The Bertz CT molecular complexity index is 712. The van der Waals surface area contributed by atoms with Crippen LogP contribution in [-0.4, -0.2) is 61.8 Å². The lowest BCUT2D eigenvalue weighted by Crippen LogP contribution is -2.38. The van der Waals surface area contributed by atoms with Crippen molar-refractivity contribution >= 4 is 0 Å². The molecule has 0 aromatic carbocycles. The molecule has 0 spiro atoms. The molecule has 0 radical (unpaired) electrons. The smallest absolute Gasteiger partial charge is 0.240 e. The minimum Gasteiger partial charge on any atom is -0.338 e. The van der Waals surface area contributed by atoms with Crippen LogP contribution < -0.4 is 0 Å². The fraction of sp³-hybridized carbons (Fsp3) is 0.706. The standard InChI is InChI=1S/C17H25FN6O/c1-22(11-16-20-17(21-25-16)12-3-4-12)9-14-7-13(18)8-24(14)10-15-19-5-6-23(15)2/h5-6,12-14H,3-4,7-11H2,1-2H3/t13-,14-/m0/s1. The predicted molar refractivity (Wildman–Crippen MR) is 89.5 cm³/mol. The van der Waals surface area contributed by atoms with Crippen molar-refractivity contribution in [3.8, 4) is 0 Å². The van der Waals surface area contributed by atoms with Gasteiger partial charge in [-0.15, -0.1) is 0 Å². The molecule has 0 N–H and O–H groups in total. The van der Waals surface area contributed by atoms with E-state index in [1.807, 2.05) is 24.9 Å². The molecule has 0 unspecified atom stereocenters. The molecular formula is C17H25FN6O. The summed E-state index contributed by atoms with van der Waals surface area (Å²) >= 11 is 0. The number of hydrogen-bond acceptors (Lipinski definition) is 6. The van der Waals surface area contributed by atoms with E-state index in [4.69, 9.17) is 4.52 Å². The van der Waals surface area contributed by atoms with E-state index in [9.17, 15) is 4.39 Å². The quantitative estimate of drug-likeness (QED) is 0.759. The molecule has 2 aromatic heterocycles. The number of rotatable bonds is 7. The molecule has 1 aliphatic heterocycles. The number of aryl methyl sites for hydroxylation is 1. The second kappa shape index (κ2) is 6.84. The summed E-state index contributed by atoms with van der Waals surface area (Å²) in [6.07, 6.45) is 5.82. The largest absolute Gasteiger partial charge is 0.338 e. The third-order valence-corrected chi connectivity index (χ3v) is 5.10. The lowest BCUT2D eigenvalue weighted by molar-refractivity contribution is 0.167. The van der Waals surface area contributed by atoms with Crippen molar-refractivity contribution in [3.05, 3.63) is 29.9 Å². The Morgan fingerprint density at radius 2 is 2.24 bits per heavy atom. The molecule has 0 bridgehead atoms. The van der Waals surface area contributed by atoms with Gasteiger partial charge in [-0.2, -0.15) is 4.98 Å². The highest BCUT2D eigenvalue weighted by molar-refractivity contribution is 5.03. The van der Waals surface area contributed by atoms with Crippen LogP contribution in [0.3, 0.4) is 0 Å². The summed E-state index contributed by atoms with van der Waals surface area (Å²) in [4.78, 5) is 13.2. The van der Waals surface area contributed by atoms with Gasteiger partial charge < -0.3 is 9.09 Å². The molecule has 4 rings (SSSR count). The maximum Gasteiger partial charge on any atom is 0.240 e. The van der Waals surface area contributed by atoms with Crippen molar-refractivity contribution in [2.75, 3.05) is 20.1 Å². The Hall–Kier alpha value is -1.80. The summed E-state index contributed by atoms with van der Waals surface area (Å²) in [6, 6.07) is 0.169. The fourth-order valence-electron chi connectivity index (χ4n) is 3.53. The first-order valence-corrected chi connectivity index (χ1v) is 8.94. The van der Waals surface area contributed by atoms with Crippen LogP contribution in [0.25, 0.3) is 0 Å². The van der Waals surface area contributed by atoms with Crippen molar-refractivity contribution in [3.63, 3.8) is 0 Å². The van der Waals surface area contributed by atoms with Crippen molar-refractivity contribution in [1.82, 2.24) is 29.5 Å². The summed E-state index contributed by atoms with van der Waals surface area (Å²) < 4.78 is 21.3. The summed E-state index contributed by atoms with van der Waals surface area (Å²) in [6.45, 7) is 2.52. The molecule has 136 valence electrons.